The minimum Gasteiger partial charge on any atom is -0.480 e. The van der Waals surface area contributed by atoms with Gasteiger partial charge in [-0.15, -0.1) is 0 Å². The zero-order chi connectivity index (χ0) is 42.4. The van der Waals surface area contributed by atoms with Gasteiger partial charge in [0.25, 0.3) is 13.5 Å². The Bertz CT molecular complexity index is 2410. The molecule has 0 unspecified atom stereocenters. The smallest absolute Gasteiger partial charge is 0.330 e. The largest absolute Gasteiger partial charge is 0.480 e. The third-order valence-corrected chi connectivity index (χ3v) is 14.4. The van der Waals surface area contributed by atoms with Crippen LogP contribution in [0.4, 0.5) is 5.69 Å². The molecule has 0 radical (unpaired) electrons. The molecule has 12 heteroatoms. The molecule has 1 amide bonds. The Kier molecular flexibility index (Phi) is 13.3. The molecule has 1 aliphatic rings. The maximum Gasteiger partial charge on any atom is 0.330 e. The van der Waals surface area contributed by atoms with Gasteiger partial charge in [0.05, 0.1) is 29.5 Å². The van der Waals surface area contributed by atoms with Gasteiger partial charge in [0.15, 0.2) is 6.04 Å². The number of amides is 1. The highest BCUT2D eigenvalue weighted by atomic mass is 79.9. The molecule has 4 atom stereocenters. The number of para-hydroxylation sites is 1. The summed E-state index contributed by atoms with van der Waals surface area (Å²) in [6, 6.07) is 45.3. The predicted octanol–water partition coefficient (Wildman–Crippen LogP) is 10.7. The van der Waals surface area contributed by atoms with Crippen molar-refractivity contribution in [1.82, 2.24) is 19.4 Å². The zero-order valence-corrected chi connectivity index (χ0v) is 36.3. The van der Waals surface area contributed by atoms with E-state index in [1.807, 2.05) is 125 Å². The average molecular weight is 884 g/mol. The summed E-state index contributed by atoms with van der Waals surface area (Å²) in [5.74, 6) is -1.65. The van der Waals surface area contributed by atoms with E-state index in [1.54, 1.807) is 42.6 Å². The number of anilines is 1. The standard InChI is InChI=1S/C48H48BrN6O4P/c1-32(2)54-45(36-20-10-6-11-21-36)46(37-22-12-7-13-23-37)55(33(3)4)60(54,59)53-43(35-27-29-38(49)30-28-35)44(48(57)58)52-42(34-18-8-5-9-19-34)39-24-14-15-25-40(39)51-47(56)41-26-16-17-31-50-41/h5-33,43-46H,1-4H3,(H,51,56)(H,53,59)(H,57,58)/t43-,44+,45+,46+/m0/s1. The number of pyridine rings is 1. The molecule has 1 saturated heterocycles. The van der Waals surface area contributed by atoms with Gasteiger partial charge in [-0.1, -0.05) is 143 Å². The number of carbonyl (C=O) groups excluding carboxylic acids is 1. The highest BCUT2D eigenvalue weighted by Gasteiger charge is 2.59. The summed E-state index contributed by atoms with van der Waals surface area (Å²) in [6.07, 6.45) is 1.55. The fourth-order valence-corrected chi connectivity index (χ4v) is 12.0. The van der Waals surface area contributed by atoms with E-state index in [-0.39, 0.29) is 29.9 Å². The summed E-state index contributed by atoms with van der Waals surface area (Å²) in [6.45, 7) is 8.12. The van der Waals surface area contributed by atoms with Crippen LogP contribution in [0.5, 0.6) is 0 Å². The Morgan fingerprint density at radius 1 is 0.700 bits per heavy atom. The second kappa shape index (κ2) is 18.8. The molecule has 7 rings (SSSR count). The van der Waals surface area contributed by atoms with E-state index >= 15 is 4.57 Å². The summed E-state index contributed by atoms with van der Waals surface area (Å²) in [5, 5.41) is 17.9. The maximum atomic E-state index is 16.7. The van der Waals surface area contributed by atoms with Crippen LogP contribution >= 0.6 is 23.5 Å². The molecular formula is C48H48BrN6O4P. The normalized spacial score (nSPS) is 18.0. The second-order valence-electron chi connectivity index (χ2n) is 15.2. The predicted molar refractivity (Wildman–Crippen MR) is 242 cm³/mol. The molecule has 3 N–H and O–H groups in total. The Hall–Kier alpha value is -5.55. The van der Waals surface area contributed by atoms with Gasteiger partial charge in [-0.2, -0.15) is 0 Å². The van der Waals surface area contributed by atoms with Crippen molar-refractivity contribution in [3.63, 3.8) is 0 Å². The van der Waals surface area contributed by atoms with E-state index in [2.05, 4.69) is 64.9 Å². The van der Waals surface area contributed by atoms with Crippen LogP contribution in [0.25, 0.3) is 0 Å². The fraction of sp³-hybridized carbons (Fsp3) is 0.208. The molecule has 306 valence electrons. The first-order chi connectivity index (χ1) is 29.0. The molecule has 0 aliphatic carbocycles. The first kappa shape index (κ1) is 42.6. The highest BCUT2D eigenvalue weighted by Crippen LogP contribution is 2.69. The van der Waals surface area contributed by atoms with E-state index in [4.69, 9.17) is 4.99 Å². The van der Waals surface area contributed by atoms with Crippen LogP contribution in [0.15, 0.2) is 173 Å². The topological polar surface area (TPSA) is 127 Å². The number of carboxylic acids is 1. The molecule has 0 saturated carbocycles. The number of aromatic nitrogens is 1. The van der Waals surface area contributed by atoms with Crippen LogP contribution in [0.3, 0.4) is 0 Å². The summed E-state index contributed by atoms with van der Waals surface area (Å²) in [4.78, 5) is 36.8. The Morgan fingerprint density at radius 3 is 1.73 bits per heavy atom. The Balaban J connectivity index is 1.43. The molecule has 10 nitrogen and oxygen atoms in total. The molecule has 60 heavy (non-hydrogen) atoms. The van der Waals surface area contributed by atoms with Crippen molar-refractivity contribution in [3.8, 4) is 0 Å². The number of aliphatic carboxylic acids is 1. The monoisotopic (exact) mass is 882 g/mol. The Morgan fingerprint density at radius 2 is 1.22 bits per heavy atom. The van der Waals surface area contributed by atoms with Gasteiger partial charge < -0.3 is 10.4 Å². The van der Waals surface area contributed by atoms with E-state index in [1.165, 1.54) is 0 Å². The van der Waals surface area contributed by atoms with Gasteiger partial charge in [-0.25, -0.2) is 19.2 Å². The summed E-state index contributed by atoms with van der Waals surface area (Å²) >= 11 is 3.56. The third-order valence-electron chi connectivity index (χ3n) is 10.6. The van der Waals surface area contributed by atoms with Gasteiger partial charge in [0, 0.05) is 33.9 Å². The van der Waals surface area contributed by atoms with Crippen LogP contribution in [-0.2, 0) is 9.36 Å². The minimum atomic E-state index is -3.91. The molecule has 1 aliphatic heterocycles. The second-order valence-corrected chi connectivity index (χ2v) is 18.4. The SMILES string of the molecule is CC(C)N1[C@H](c2ccccc2)[C@@H](c2ccccc2)N(C(C)C)P1(=O)N[C@@H](c1ccc(Br)cc1)[C@@H](N=C(c1ccccc1)c1ccccc1NC(=O)c1ccccn1)C(=O)O. The van der Waals surface area contributed by atoms with Crippen LogP contribution in [0.2, 0.25) is 0 Å². The van der Waals surface area contributed by atoms with Crippen molar-refractivity contribution in [3.05, 3.63) is 202 Å². The van der Waals surface area contributed by atoms with E-state index in [0.29, 0.717) is 28.1 Å². The van der Waals surface area contributed by atoms with Crippen molar-refractivity contribution in [2.24, 2.45) is 4.99 Å². The Labute approximate surface area is 360 Å². The van der Waals surface area contributed by atoms with E-state index in [9.17, 15) is 14.7 Å². The van der Waals surface area contributed by atoms with Gasteiger partial charge in [0.2, 0.25) is 0 Å². The van der Waals surface area contributed by atoms with Crippen molar-refractivity contribution in [2.45, 2.75) is 63.9 Å². The number of aliphatic imine (C=N–C) groups is 1. The molecule has 5 aromatic carbocycles. The van der Waals surface area contributed by atoms with Crippen molar-refractivity contribution in [1.29, 1.82) is 0 Å². The van der Waals surface area contributed by atoms with Gasteiger partial charge in [-0.05, 0) is 74.7 Å². The number of hydrogen-bond acceptors (Lipinski definition) is 5. The molecule has 6 aromatic rings. The van der Waals surface area contributed by atoms with Crippen molar-refractivity contribution < 1.29 is 19.3 Å². The molecular weight excluding hydrogens is 835 g/mol. The van der Waals surface area contributed by atoms with Gasteiger partial charge in [-0.3, -0.25) is 19.3 Å². The summed E-state index contributed by atoms with van der Waals surface area (Å²) in [5.41, 5.74) is 4.68. The quantitative estimate of drug-likeness (QED) is 0.0729. The number of benzene rings is 5. The van der Waals surface area contributed by atoms with Gasteiger partial charge in [0.1, 0.15) is 5.69 Å². The molecule has 1 aromatic heterocycles. The molecule has 2 heterocycles. The maximum absolute atomic E-state index is 16.7. The third kappa shape index (κ3) is 8.96. The van der Waals surface area contributed by atoms with Crippen molar-refractivity contribution in [2.75, 3.05) is 5.32 Å². The number of halogens is 1. The lowest BCUT2D eigenvalue weighted by Gasteiger charge is -2.39. The number of rotatable bonds is 14. The van der Waals surface area contributed by atoms with E-state index < -0.39 is 31.6 Å². The number of nitrogens with zero attached hydrogens (tertiary/aromatic N) is 4. The molecule has 0 bridgehead atoms. The zero-order valence-electron chi connectivity index (χ0n) is 33.8. The first-order valence-electron chi connectivity index (χ1n) is 20.0. The number of carbonyl (C=O) groups is 2. The van der Waals surface area contributed by atoms with Crippen LogP contribution in [0.1, 0.15) is 84.1 Å². The van der Waals surface area contributed by atoms with Crippen LogP contribution < -0.4 is 10.4 Å². The number of nitrogens with one attached hydrogen (secondary N) is 2. The lowest BCUT2D eigenvalue weighted by Crippen LogP contribution is -2.42. The minimum absolute atomic E-state index is 0.224. The first-order valence-corrected chi connectivity index (χ1v) is 22.4. The average Bonchev–Trinajstić information content (AvgIpc) is 3.54. The number of hydrogen-bond donors (Lipinski definition) is 3. The van der Waals surface area contributed by atoms with Crippen LogP contribution in [-0.4, -0.2) is 55.1 Å². The fourth-order valence-electron chi connectivity index (χ4n) is 8.09. The van der Waals surface area contributed by atoms with Gasteiger partial charge >= 0.3 is 5.97 Å². The van der Waals surface area contributed by atoms with E-state index in [0.717, 1.165) is 15.6 Å². The highest BCUT2D eigenvalue weighted by molar-refractivity contribution is 9.10. The number of carboxylic acid groups (broad SMARTS) is 1. The molecule has 1 fully saturated rings. The lowest BCUT2D eigenvalue weighted by molar-refractivity contribution is -0.139. The lowest BCUT2D eigenvalue weighted by atomic mass is 9.92. The van der Waals surface area contributed by atoms with Crippen LogP contribution in [0, 0.1) is 0 Å². The molecule has 0 spiro atoms. The van der Waals surface area contributed by atoms with Crippen molar-refractivity contribution >= 4 is 46.8 Å². The summed E-state index contributed by atoms with van der Waals surface area (Å²) < 4.78 is 21.6. The summed E-state index contributed by atoms with van der Waals surface area (Å²) in [7, 11) is -3.91.